The quantitative estimate of drug-likeness (QED) is 0.898. The highest BCUT2D eigenvalue weighted by atomic mass is 16.5. The summed E-state index contributed by atoms with van der Waals surface area (Å²) in [6.07, 6.45) is 2.95. The van der Waals surface area contributed by atoms with E-state index in [1.165, 1.54) is 0 Å². The molecule has 5 nitrogen and oxygen atoms in total. The van der Waals surface area contributed by atoms with Crippen LogP contribution in [0, 0.1) is 12.8 Å². The fraction of sp³-hybridized carbons (Fsp3) is 0.500. The second kappa shape index (κ2) is 5.48. The molecule has 1 fully saturated rings. The molecule has 0 saturated carbocycles. The van der Waals surface area contributed by atoms with E-state index in [1.807, 2.05) is 36.0 Å². The number of hydrogen-bond donors (Lipinski definition) is 1. The highest BCUT2D eigenvalue weighted by molar-refractivity contribution is 5.34. The van der Waals surface area contributed by atoms with Gasteiger partial charge >= 0.3 is 0 Å². The molecule has 5 heteroatoms. The normalized spacial score (nSPS) is 18.9. The van der Waals surface area contributed by atoms with Crippen LogP contribution in [-0.2, 0) is 17.8 Å². The number of furan rings is 1. The first-order valence-electron chi connectivity index (χ1n) is 6.70. The van der Waals surface area contributed by atoms with Gasteiger partial charge in [-0.2, -0.15) is 5.10 Å². The molecule has 1 atom stereocenters. The maximum atomic E-state index is 5.54. The Morgan fingerprint density at radius 3 is 3.11 bits per heavy atom. The van der Waals surface area contributed by atoms with E-state index in [-0.39, 0.29) is 0 Å². The minimum Gasteiger partial charge on any atom is -0.465 e. The standard InChI is InChI=1S/C14H19N3O2/c1-11-2-3-13(19-11)8-15-14-4-6-16-17(14)9-12-5-7-18-10-12/h2-4,6,12,15H,5,7-10H2,1H3/t12-/m1/s1. The molecule has 0 unspecified atom stereocenters. The summed E-state index contributed by atoms with van der Waals surface area (Å²) in [6, 6.07) is 5.96. The average molecular weight is 261 g/mol. The predicted octanol–water partition coefficient (Wildman–Crippen LogP) is 2.43. The van der Waals surface area contributed by atoms with Gasteiger partial charge in [0, 0.05) is 25.1 Å². The molecule has 102 valence electrons. The molecule has 1 aliphatic rings. The fourth-order valence-electron chi connectivity index (χ4n) is 2.36. The van der Waals surface area contributed by atoms with Crippen LogP contribution in [0.2, 0.25) is 0 Å². The van der Waals surface area contributed by atoms with E-state index in [4.69, 9.17) is 9.15 Å². The second-order valence-electron chi connectivity index (χ2n) is 4.99. The van der Waals surface area contributed by atoms with Crippen LogP contribution in [0.15, 0.2) is 28.8 Å². The predicted molar refractivity (Wildman–Crippen MR) is 71.9 cm³/mol. The van der Waals surface area contributed by atoms with Crippen molar-refractivity contribution in [2.45, 2.75) is 26.4 Å². The maximum absolute atomic E-state index is 5.54. The number of ether oxygens (including phenoxy) is 1. The van der Waals surface area contributed by atoms with Crippen molar-refractivity contribution < 1.29 is 9.15 Å². The summed E-state index contributed by atoms with van der Waals surface area (Å²) in [5, 5.41) is 7.73. The Kier molecular flexibility index (Phi) is 3.55. The summed E-state index contributed by atoms with van der Waals surface area (Å²) < 4.78 is 13.0. The molecule has 1 saturated heterocycles. The van der Waals surface area contributed by atoms with Crippen LogP contribution in [-0.4, -0.2) is 23.0 Å². The van der Waals surface area contributed by atoms with Crippen molar-refractivity contribution in [1.29, 1.82) is 0 Å². The molecule has 0 bridgehead atoms. The number of hydrogen-bond acceptors (Lipinski definition) is 4. The van der Waals surface area contributed by atoms with Crippen LogP contribution < -0.4 is 5.32 Å². The van der Waals surface area contributed by atoms with Crippen molar-refractivity contribution in [3.63, 3.8) is 0 Å². The molecule has 1 aliphatic heterocycles. The molecular weight excluding hydrogens is 242 g/mol. The minimum absolute atomic E-state index is 0.575. The number of rotatable bonds is 5. The van der Waals surface area contributed by atoms with E-state index in [0.29, 0.717) is 12.5 Å². The van der Waals surface area contributed by atoms with E-state index in [1.54, 1.807) is 0 Å². The fourth-order valence-corrected chi connectivity index (χ4v) is 2.36. The zero-order valence-electron chi connectivity index (χ0n) is 11.1. The Balaban J connectivity index is 1.59. The zero-order chi connectivity index (χ0) is 13.1. The van der Waals surface area contributed by atoms with Crippen molar-refractivity contribution in [2.75, 3.05) is 18.5 Å². The molecule has 3 rings (SSSR count). The maximum Gasteiger partial charge on any atom is 0.124 e. The molecule has 0 spiro atoms. The summed E-state index contributed by atoms with van der Waals surface area (Å²) in [5.41, 5.74) is 0. The van der Waals surface area contributed by atoms with Crippen molar-refractivity contribution in [3.8, 4) is 0 Å². The smallest absolute Gasteiger partial charge is 0.124 e. The highest BCUT2D eigenvalue weighted by Crippen LogP contribution is 2.18. The summed E-state index contributed by atoms with van der Waals surface area (Å²) in [6.45, 7) is 5.26. The summed E-state index contributed by atoms with van der Waals surface area (Å²) in [7, 11) is 0. The number of aromatic nitrogens is 2. The van der Waals surface area contributed by atoms with E-state index in [2.05, 4.69) is 10.4 Å². The van der Waals surface area contributed by atoms with Gasteiger partial charge in [-0.05, 0) is 25.5 Å². The lowest BCUT2D eigenvalue weighted by atomic mass is 10.1. The third kappa shape index (κ3) is 2.98. The van der Waals surface area contributed by atoms with Crippen LogP contribution >= 0.6 is 0 Å². The third-order valence-electron chi connectivity index (χ3n) is 3.41. The Morgan fingerprint density at radius 2 is 2.37 bits per heavy atom. The lowest BCUT2D eigenvalue weighted by Crippen LogP contribution is -2.14. The number of anilines is 1. The second-order valence-corrected chi connectivity index (χ2v) is 4.99. The van der Waals surface area contributed by atoms with E-state index >= 15 is 0 Å². The van der Waals surface area contributed by atoms with Gasteiger partial charge in [-0.1, -0.05) is 0 Å². The first kappa shape index (κ1) is 12.3. The zero-order valence-corrected chi connectivity index (χ0v) is 11.1. The van der Waals surface area contributed by atoms with Gasteiger partial charge in [-0.3, -0.25) is 0 Å². The highest BCUT2D eigenvalue weighted by Gasteiger charge is 2.17. The van der Waals surface area contributed by atoms with Crippen molar-refractivity contribution in [1.82, 2.24) is 9.78 Å². The van der Waals surface area contributed by atoms with Crippen LogP contribution in [0.1, 0.15) is 17.9 Å². The van der Waals surface area contributed by atoms with Gasteiger partial charge in [0.25, 0.3) is 0 Å². The lowest BCUT2D eigenvalue weighted by Gasteiger charge is -2.12. The summed E-state index contributed by atoms with van der Waals surface area (Å²) >= 11 is 0. The van der Waals surface area contributed by atoms with Gasteiger partial charge in [0.2, 0.25) is 0 Å². The molecular formula is C14H19N3O2. The first-order valence-corrected chi connectivity index (χ1v) is 6.70. The van der Waals surface area contributed by atoms with Gasteiger partial charge in [0.15, 0.2) is 0 Å². The first-order chi connectivity index (χ1) is 9.31. The number of nitrogens with one attached hydrogen (secondary N) is 1. The van der Waals surface area contributed by atoms with Gasteiger partial charge in [0.1, 0.15) is 17.3 Å². The van der Waals surface area contributed by atoms with Gasteiger partial charge in [-0.25, -0.2) is 4.68 Å². The lowest BCUT2D eigenvalue weighted by molar-refractivity contribution is 0.181. The Bertz CT molecular complexity index is 526. The number of nitrogens with zero attached hydrogens (tertiary/aromatic N) is 2. The summed E-state index contributed by atoms with van der Waals surface area (Å²) in [4.78, 5) is 0. The average Bonchev–Trinajstić information content (AvgIpc) is 3.10. The molecule has 2 aromatic rings. The summed E-state index contributed by atoms with van der Waals surface area (Å²) in [5.74, 6) is 3.48. The van der Waals surface area contributed by atoms with E-state index in [9.17, 15) is 0 Å². The van der Waals surface area contributed by atoms with Crippen LogP contribution in [0.4, 0.5) is 5.82 Å². The molecule has 1 N–H and O–H groups in total. The molecule has 0 aromatic carbocycles. The third-order valence-corrected chi connectivity index (χ3v) is 3.41. The molecule has 2 aromatic heterocycles. The monoisotopic (exact) mass is 261 g/mol. The largest absolute Gasteiger partial charge is 0.465 e. The van der Waals surface area contributed by atoms with Crippen molar-refractivity contribution in [3.05, 3.63) is 35.9 Å². The minimum atomic E-state index is 0.575. The van der Waals surface area contributed by atoms with Crippen LogP contribution in [0.25, 0.3) is 0 Å². The molecule has 3 heterocycles. The number of aryl methyl sites for hydroxylation is 1. The Labute approximate surface area is 112 Å². The molecule has 0 aliphatic carbocycles. The van der Waals surface area contributed by atoms with E-state index < -0.39 is 0 Å². The van der Waals surface area contributed by atoms with Crippen LogP contribution in [0.3, 0.4) is 0 Å². The van der Waals surface area contributed by atoms with Gasteiger partial charge in [0.05, 0.1) is 19.3 Å². The van der Waals surface area contributed by atoms with Crippen LogP contribution in [0.5, 0.6) is 0 Å². The Morgan fingerprint density at radius 1 is 1.42 bits per heavy atom. The van der Waals surface area contributed by atoms with Gasteiger partial charge < -0.3 is 14.5 Å². The topological polar surface area (TPSA) is 52.2 Å². The van der Waals surface area contributed by atoms with Gasteiger partial charge in [-0.15, -0.1) is 0 Å². The van der Waals surface area contributed by atoms with Crippen molar-refractivity contribution >= 4 is 5.82 Å². The van der Waals surface area contributed by atoms with Crippen molar-refractivity contribution in [2.24, 2.45) is 5.92 Å². The molecule has 0 amide bonds. The SMILES string of the molecule is Cc1ccc(CNc2ccnn2C[C@H]2CCOC2)o1. The Hall–Kier alpha value is -1.75. The van der Waals surface area contributed by atoms with E-state index in [0.717, 1.165) is 43.5 Å². The molecule has 19 heavy (non-hydrogen) atoms. The molecule has 0 radical (unpaired) electrons.